The number of pyridine rings is 1. The topological polar surface area (TPSA) is 128 Å². The van der Waals surface area contributed by atoms with Gasteiger partial charge in [0.2, 0.25) is 5.89 Å². The number of aliphatic hydroxyl groups excluding tert-OH is 1. The van der Waals surface area contributed by atoms with E-state index in [0.717, 1.165) is 0 Å². The number of hydrogen-bond donors (Lipinski definition) is 3. The molecule has 0 unspecified atom stereocenters. The van der Waals surface area contributed by atoms with Crippen molar-refractivity contribution in [2.45, 2.75) is 31.0 Å². The normalized spacial score (nSPS) is 27.2. The average Bonchev–Trinajstić information content (AvgIpc) is 3.41. The lowest BCUT2D eigenvalue weighted by Gasteiger charge is -2.15. The third-order valence-electron chi connectivity index (χ3n) is 4.54. The van der Waals surface area contributed by atoms with E-state index in [4.69, 9.17) is 30.2 Å². The number of aromatic nitrogens is 4. The third kappa shape index (κ3) is 3.10. The van der Waals surface area contributed by atoms with Crippen LogP contribution in [0.15, 0.2) is 22.9 Å². The Bertz CT molecular complexity index is 948. The molecule has 3 N–H and O–H groups in total. The van der Waals surface area contributed by atoms with E-state index in [1.807, 2.05) is 0 Å². The maximum Gasteiger partial charge on any atom is 0.296 e. The molecule has 11 heteroatoms. The number of aliphatic hydroxyl groups is 1. The third-order valence-corrected chi connectivity index (χ3v) is 4.83. The van der Waals surface area contributed by atoms with Crippen LogP contribution in [-0.2, 0) is 16.0 Å². The van der Waals surface area contributed by atoms with Crippen LogP contribution in [-0.4, -0.2) is 62.7 Å². The van der Waals surface area contributed by atoms with E-state index in [0.29, 0.717) is 41.0 Å². The summed E-state index contributed by atoms with van der Waals surface area (Å²) in [5, 5.41) is 13.3. The van der Waals surface area contributed by atoms with Crippen LogP contribution in [0.4, 0.5) is 5.82 Å². The van der Waals surface area contributed by atoms with Gasteiger partial charge in [-0.05, 0) is 6.07 Å². The van der Waals surface area contributed by atoms with Gasteiger partial charge in [0.25, 0.3) is 6.01 Å². The fourth-order valence-electron chi connectivity index (χ4n) is 3.26. The summed E-state index contributed by atoms with van der Waals surface area (Å²) in [7, 11) is 0. The van der Waals surface area contributed by atoms with E-state index in [1.165, 1.54) is 6.26 Å². The highest BCUT2D eigenvalue weighted by atomic mass is 35.5. The SMILES string of the molecule is O[C@@H]1CO[C@H]2[C@@H]1OC[C@H]2Oc1nc2nc(NCc3ncco3)c(Cl)cc2[nH]1. The average molecular weight is 394 g/mol. The molecule has 27 heavy (non-hydrogen) atoms. The molecule has 0 radical (unpaired) electrons. The van der Waals surface area contributed by atoms with E-state index >= 15 is 0 Å². The molecule has 2 aliphatic rings. The van der Waals surface area contributed by atoms with Gasteiger partial charge in [-0.3, -0.25) is 0 Å². The zero-order valence-electron chi connectivity index (χ0n) is 14.0. The molecule has 5 heterocycles. The van der Waals surface area contributed by atoms with E-state index < -0.39 is 6.10 Å². The summed E-state index contributed by atoms with van der Waals surface area (Å²) in [5.74, 6) is 0.987. The van der Waals surface area contributed by atoms with Crippen LogP contribution in [0.3, 0.4) is 0 Å². The zero-order valence-corrected chi connectivity index (χ0v) is 14.7. The number of anilines is 1. The molecule has 2 saturated heterocycles. The molecule has 0 saturated carbocycles. The van der Waals surface area contributed by atoms with Gasteiger partial charge in [-0.15, -0.1) is 0 Å². The van der Waals surface area contributed by atoms with Crippen LogP contribution in [0.5, 0.6) is 6.01 Å². The minimum atomic E-state index is -0.628. The van der Waals surface area contributed by atoms with E-state index in [-0.39, 0.29) is 30.9 Å². The van der Waals surface area contributed by atoms with Crippen molar-refractivity contribution in [1.82, 2.24) is 19.9 Å². The van der Waals surface area contributed by atoms with Gasteiger partial charge in [0.1, 0.15) is 30.4 Å². The molecule has 5 rings (SSSR count). The van der Waals surface area contributed by atoms with Gasteiger partial charge in [-0.2, -0.15) is 4.98 Å². The summed E-state index contributed by atoms with van der Waals surface area (Å²) in [6.45, 7) is 0.910. The smallest absolute Gasteiger partial charge is 0.296 e. The van der Waals surface area contributed by atoms with Crippen molar-refractivity contribution in [2.24, 2.45) is 0 Å². The molecule has 0 bridgehead atoms. The highest BCUT2D eigenvalue weighted by Gasteiger charge is 2.48. The fraction of sp³-hybridized carbons (Fsp3) is 0.438. The maximum atomic E-state index is 9.81. The molecule has 3 aromatic heterocycles. The number of nitrogens with zero attached hydrogens (tertiary/aromatic N) is 3. The molecule has 0 spiro atoms. The molecule has 2 aliphatic heterocycles. The summed E-state index contributed by atoms with van der Waals surface area (Å²) in [6.07, 6.45) is 1.40. The summed E-state index contributed by atoms with van der Waals surface area (Å²) < 4.78 is 22.1. The Morgan fingerprint density at radius 1 is 1.30 bits per heavy atom. The summed E-state index contributed by atoms with van der Waals surface area (Å²) in [5.41, 5.74) is 1.09. The second-order valence-corrected chi connectivity index (χ2v) is 6.74. The maximum absolute atomic E-state index is 9.81. The Morgan fingerprint density at radius 3 is 3.04 bits per heavy atom. The van der Waals surface area contributed by atoms with E-state index in [2.05, 4.69) is 25.3 Å². The first-order chi connectivity index (χ1) is 13.2. The first kappa shape index (κ1) is 16.8. The first-order valence-electron chi connectivity index (χ1n) is 8.44. The number of ether oxygens (including phenoxy) is 3. The van der Waals surface area contributed by atoms with Gasteiger partial charge < -0.3 is 34.0 Å². The number of imidazole rings is 1. The molecule has 142 valence electrons. The standard InChI is InChI=1S/C16H16ClN5O5/c17-7-3-8-15(21-14(7)19-4-11-18-1-2-24-11)22-16(20-8)27-10-6-26-12-9(23)5-25-13(10)12/h1-3,9-10,12-13,23H,4-6H2,(H2,19,20,21,22)/t9-,10-,12-,13-/m1/s1. The molecular weight excluding hydrogens is 378 g/mol. The molecule has 0 amide bonds. The molecule has 3 aromatic rings. The van der Waals surface area contributed by atoms with E-state index in [9.17, 15) is 5.11 Å². The van der Waals surface area contributed by atoms with Gasteiger partial charge in [-0.25, -0.2) is 9.97 Å². The number of oxazole rings is 1. The van der Waals surface area contributed by atoms with Crippen LogP contribution in [0, 0.1) is 0 Å². The van der Waals surface area contributed by atoms with Gasteiger partial charge in [0, 0.05) is 0 Å². The van der Waals surface area contributed by atoms with Crippen LogP contribution >= 0.6 is 11.6 Å². The number of halogens is 1. The summed E-state index contributed by atoms with van der Waals surface area (Å²) in [6, 6.07) is 2.00. The largest absolute Gasteiger partial charge is 0.456 e. The number of fused-ring (bicyclic) bond motifs is 2. The van der Waals surface area contributed by atoms with Gasteiger partial charge >= 0.3 is 0 Å². The lowest BCUT2D eigenvalue weighted by Crippen LogP contribution is -2.34. The highest BCUT2D eigenvalue weighted by Crippen LogP contribution is 2.30. The predicted octanol–water partition coefficient (Wildman–Crippen LogP) is 1.12. The fourth-order valence-corrected chi connectivity index (χ4v) is 3.48. The number of rotatable bonds is 5. The van der Waals surface area contributed by atoms with Gasteiger partial charge in [0.15, 0.2) is 11.8 Å². The van der Waals surface area contributed by atoms with Crippen LogP contribution in [0.2, 0.25) is 5.02 Å². The zero-order chi connectivity index (χ0) is 18.4. The van der Waals surface area contributed by atoms with Crippen molar-refractivity contribution in [3.63, 3.8) is 0 Å². The molecule has 10 nitrogen and oxygen atoms in total. The molecule has 0 aliphatic carbocycles. The number of nitrogens with one attached hydrogen (secondary N) is 2. The molecule has 0 aromatic carbocycles. The summed E-state index contributed by atoms with van der Waals surface area (Å²) in [4.78, 5) is 15.8. The molecule has 4 atom stereocenters. The number of aromatic amines is 1. The second kappa shape index (κ2) is 6.64. The van der Waals surface area contributed by atoms with Crippen molar-refractivity contribution in [3.05, 3.63) is 29.4 Å². The van der Waals surface area contributed by atoms with Crippen molar-refractivity contribution in [1.29, 1.82) is 0 Å². The Kier molecular flexibility index (Phi) is 4.12. The van der Waals surface area contributed by atoms with Crippen LogP contribution in [0.25, 0.3) is 11.2 Å². The Labute approximate surface area is 157 Å². The van der Waals surface area contributed by atoms with Gasteiger partial charge in [0.05, 0.1) is 36.5 Å². The van der Waals surface area contributed by atoms with Crippen LogP contribution < -0.4 is 10.1 Å². The monoisotopic (exact) mass is 393 g/mol. The second-order valence-electron chi connectivity index (χ2n) is 6.33. The highest BCUT2D eigenvalue weighted by molar-refractivity contribution is 6.33. The van der Waals surface area contributed by atoms with Gasteiger partial charge in [-0.1, -0.05) is 11.6 Å². The summed E-state index contributed by atoms with van der Waals surface area (Å²) >= 11 is 6.28. The minimum absolute atomic E-state index is 0.242. The Hall–Kier alpha value is -2.40. The Balaban J connectivity index is 1.33. The van der Waals surface area contributed by atoms with Crippen LogP contribution in [0.1, 0.15) is 5.89 Å². The quantitative estimate of drug-likeness (QED) is 0.584. The minimum Gasteiger partial charge on any atom is -0.456 e. The van der Waals surface area contributed by atoms with Crippen molar-refractivity contribution in [2.75, 3.05) is 18.5 Å². The lowest BCUT2D eigenvalue weighted by molar-refractivity contribution is 0.00706. The molecule has 2 fully saturated rings. The van der Waals surface area contributed by atoms with Crippen molar-refractivity contribution in [3.8, 4) is 6.01 Å². The Morgan fingerprint density at radius 2 is 2.19 bits per heavy atom. The van der Waals surface area contributed by atoms with Crippen molar-refractivity contribution < 1.29 is 23.7 Å². The number of hydrogen-bond acceptors (Lipinski definition) is 9. The predicted molar refractivity (Wildman–Crippen MR) is 92.6 cm³/mol. The van der Waals surface area contributed by atoms with E-state index in [1.54, 1.807) is 12.3 Å². The molecular formula is C16H16ClN5O5. The van der Waals surface area contributed by atoms with Crippen molar-refractivity contribution >= 4 is 28.6 Å². The number of H-pyrrole nitrogens is 1. The lowest BCUT2D eigenvalue weighted by atomic mass is 10.1. The first-order valence-corrected chi connectivity index (χ1v) is 8.81.